The van der Waals surface area contributed by atoms with E-state index in [0.717, 1.165) is 37.2 Å². The van der Waals surface area contributed by atoms with Crippen LogP contribution in [0.5, 0.6) is 0 Å². The molecule has 1 saturated heterocycles. The quantitative estimate of drug-likeness (QED) is 0.795. The number of hydrogen-bond donors (Lipinski definition) is 0. The first-order valence-corrected chi connectivity index (χ1v) is 9.16. The summed E-state index contributed by atoms with van der Waals surface area (Å²) < 4.78 is 0. The standard InChI is InChI=1S/C20H28N2O2/c1-4-22(17-7-5-6-16(3)14-17)19(24)20(10-11-20)18(23)21-12-8-15(2)9-13-21/h5-7,14-15H,4,8-13H2,1-3H3. The van der Waals surface area contributed by atoms with Gasteiger partial charge < -0.3 is 9.80 Å². The van der Waals surface area contributed by atoms with Crippen molar-refractivity contribution in [3.05, 3.63) is 29.8 Å². The van der Waals surface area contributed by atoms with Crippen LogP contribution in [0.4, 0.5) is 5.69 Å². The first-order valence-electron chi connectivity index (χ1n) is 9.16. The second kappa shape index (κ2) is 6.58. The topological polar surface area (TPSA) is 40.6 Å². The summed E-state index contributed by atoms with van der Waals surface area (Å²) in [6.07, 6.45) is 3.48. The fourth-order valence-corrected chi connectivity index (χ4v) is 3.66. The summed E-state index contributed by atoms with van der Waals surface area (Å²) in [7, 11) is 0. The highest BCUT2D eigenvalue weighted by atomic mass is 16.2. The van der Waals surface area contributed by atoms with Crippen molar-refractivity contribution >= 4 is 17.5 Å². The summed E-state index contributed by atoms with van der Waals surface area (Å²) in [5, 5.41) is 0. The smallest absolute Gasteiger partial charge is 0.242 e. The lowest BCUT2D eigenvalue weighted by Gasteiger charge is -2.34. The van der Waals surface area contributed by atoms with Gasteiger partial charge in [0.2, 0.25) is 11.8 Å². The van der Waals surface area contributed by atoms with Gasteiger partial charge in [-0.15, -0.1) is 0 Å². The Bertz CT molecular complexity index is 628. The molecule has 130 valence electrons. The predicted molar refractivity (Wildman–Crippen MR) is 95.9 cm³/mol. The molecule has 0 atom stereocenters. The summed E-state index contributed by atoms with van der Waals surface area (Å²) >= 11 is 0. The maximum atomic E-state index is 13.2. The van der Waals surface area contributed by atoms with Crippen LogP contribution in [-0.4, -0.2) is 36.3 Å². The highest BCUT2D eigenvalue weighted by molar-refractivity contribution is 6.14. The Morgan fingerprint density at radius 3 is 2.46 bits per heavy atom. The molecule has 2 fully saturated rings. The van der Waals surface area contributed by atoms with E-state index in [2.05, 4.69) is 6.92 Å². The second-order valence-corrected chi connectivity index (χ2v) is 7.45. The Hall–Kier alpha value is -1.84. The fourth-order valence-electron chi connectivity index (χ4n) is 3.66. The van der Waals surface area contributed by atoms with E-state index in [1.807, 2.05) is 43.0 Å². The number of hydrogen-bond acceptors (Lipinski definition) is 2. The third kappa shape index (κ3) is 3.06. The zero-order chi connectivity index (χ0) is 17.3. The molecule has 1 aliphatic heterocycles. The molecule has 24 heavy (non-hydrogen) atoms. The number of amides is 2. The van der Waals surface area contributed by atoms with Gasteiger partial charge in [0.25, 0.3) is 0 Å². The number of nitrogens with zero attached hydrogens (tertiary/aromatic N) is 2. The Labute approximate surface area is 144 Å². The molecule has 2 amide bonds. The zero-order valence-electron chi connectivity index (χ0n) is 15.0. The number of piperidine rings is 1. The Kier molecular flexibility index (Phi) is 4.66. The fraction of sp³-hybridized carbons (Fsp3) is 0.600. The molecule has 0 N–H and O–H groups in total. The van der Waals surface area contributed by atoms with Crippen molar-refractivity contribution in [1.29, 1.82) is 0 Å². The lowest BCUT2D eigenvalue weighted by Crippen LogP contribution is -2.49. The number of benzene rings is 1. The van der Waals surface area contributed by atoms with Gasteiger partial charge in [0.15, 0.2) is 0 Å². The van der Waals surface area contributed by atoms with Crippen LogP contribution in [0.1, 0.15) is 45.1 Å². The van der Waals surface area contributed by atoms with E-state index >= 15 is 0 Å². The van der Waals surface area contributed by atoms with Gasteiger partial charge in [0.1, 0.15) is 5.41 Å². The van der Waals surface area contributed by atoms with Crippen LogP contribution in [0.25, 0.3) is 0 Å². The van der Waals surface area contributed by atoms with Crippen molar-refractivity contribution in [1.82, 2.24) is 4.90 Å². The van der Waals surface area contributed by atoms with Crippen molar-refractivity contribution in [3.63, 3.8) is 0 Å². The molecule has 1 aliphatic carbocycles. The summed E-state index contributed by atoms with van der Waals surface area (Å²) in [5.41, 5.74) is 1.23. The maximum absolute atomic E-state index is 13.2. The Morgan fingerprint density at radius 1 is 1.25 bits per heavy atom. The number of carbonyl (C=O) groups excluding carboxylic acids is 2. The summed E-state index contributed by atoms with van der Waals surface area (Å²) in [6, 6.07) is 7.96. The van der Waals surface area contributed by atoms with E-state index in [-0.39, 0.29) is 11.8 Å². The lowest BCUT2D eigenvalue weighted by atomic mass is 9.96. The van der Waals surface area contributed by atoms with Crippen molar-refractivity contribution in [2.24, 2.45) is 11.3 Å². The molecule has 0 spiro atoms. The summed E-state index contributed by atoms with van der Waals surface area (Å²) in [4.78, 5) is 29.9. The average molecular weight is 328 g/mol. The van der Waals surface area contributed by atoms with Crippen molar-refractivity contribution in [2.75, 3.05) is 24.5 Å². The van der Waals surface area contributed by atoms with Gasteiger partial charge in [-0.1, -0.05) is 19.1 Å². The van der Waals surface area contributed by atoms with E-state index in [4.69, 9.17) is 0 Å². The molecule has 0 unspecified atom stereocenters. The van der Waals surface area contributed by atoms with E-state index in [9.17, 15) is 9.59 Å². The average Bonchev–Trinajstić information content (AvgIpc) is 3.37. The molecule has 2 aliphatic rings. The van der Waals surface area contributed by atoms with Gasteiger partial charge in [0.05, 0.1) is 0 Å². The Balaban J connectivity index is 1.78. The largest absolute Gasteiger partial charge is 0.342 e. The summed E-state index contributed by atoms with van der Waals surface area (Å²) in [6.45, 7) is 8.42. The molecular formula is C20H28N2O2. The molecule has 1 heterocycles. The minimum absolute atomic E-state index is 0.0146. The van der Waals surface area contributed by atoms with Crippen LogP contribution in [-0.2, 0) is 9.59 Å². The van der Waals surface area contributed by atoms with Crippen LogP contribution >= 0.6 is 0 Å². The molecule has 1 aromatic carbocycles. The van der Waals surface area contributed by atoms with Crippen molar-refractivity contribution < 1.29 is 9.59 Å². The van der Waals surface area contributed by atoms with Gasteiger partial charge in [-0.3, -0.25) is 9.59 Å². The van der Waals surface area contributed by atoms with Gasteiger partial charge in [-0.25, -0.2) is 0 Å². The SMILES string of the molecule is CCN(C(=O)C1(C(=O)N2CCC(C)CC2)CC1)c1cccc(C)c1. The molecule has 4 nitrogen and oxygen atoms in total. The molecule has 1 saturated carbocycles. The third-order valence-electron chi connectivity index (χ3n) is 5.51. The van der Waals surface area contributed by atoms with Crippen LogP contribution < -0.4 is 4.90 Å². The highest BCUT2D eigenvalue weighted by Crippen LogP contribution is 2.49. The van der Waals surface area contributed by atoms with E-state index in [1.165, 1.54) is 0 Å². The van der Waals surface area contributed by atoms with E-state index in [1.54, 1.807) is 4.90 Å². The predicted octanol–water partition coefficient (Wildman–Crippen LogP) is 3.39. The minimum Gasteiger partial charge on any atom is -0.342 e. The van der Waals surface area contributed by atoms with Gasteiger partial charge in [0, 0.05) is 25.3 Å². The van der Waals surface area contributed by atoms with Crippen LogP contribution in [0.2, 0.25) is 0 Å². The minimum atomic E-state index is -0.791. The van der Waals surface area contributed by atoms with Crippen LogP contribution in [0, 0.1) is 18.3 Å². The van der Waals surface area contributed by atoms with Gasteiger partial charge in [-0.05, 0) is 63.1 Å². The lowest BCUT2D eigenvalue weighted by molar-refractivity contribution is -0.144. The number of carbonyl (C=O) groups is 2. The molecule has 3 rings (SSSR count). The normalized spacial score (nSPS) is 19.9. The molecule has 0 radical (unpaired) electrons. The zero-order valence-corrected chi connectivity index (χ0v) is 15.0. The number of likely N-dealkylation sites (tertiary alicyclic amines) is 1. The first-order chi connectivity index (χ1) is 11.5. The van der Waals surface area contributed by atoms with Crippen molar-refractivity contribution in [3.8, 4) is 0 Å². The van der Waals surface area contributed by atoms with Crippen LogP contribution in [0.3, 0.4) is 0 Å². The molecule has 1 aromatic rings. The molecule has 0 bridgehead atoms. The molecule has 4 heteroatoms. The monoisotopic (exact) mass is 328 g/mol. The van der Waals surface area contributed by atoms with Gasteiger partial charge in [-0.2, -0.15) is 0 Å². The highest BCUT2D eigenvalue weighted by Gasteiger charge is 2.59. The van der Waals surface area contributed by atoms with Crippen LogP contribution in [0.15, 0.2) is 24.3 Å². The number of aryl methyl sites for hydroxylation is 1. The van der Waals surface area contributed by atoms with E-state index < -0.39 is 5.41 Å². The summed E-state index contributed by atoms with van der Waals surface area (Å²) in [5.74, 6) is 0.726. The maximum Gasteiger partial charge on any atom is 0.242 e. The number of anilines is 1. The third-order valence-corrected chi connectivity index (χ3v) is 5.51. The second-order valence-electron chi connectivity index (χ2n) is 7.45. The molecule has 0 aromatic heterocycles. The Morgan fingerprint density at radius 2 is 1.92 bits per heavy atom. The first kappa shape index (κ1) is 17.0. The van der Waals surface area contributed by atoms with E-state index in [0.29, 0.717) is 25.3 Å². The van der Waals surface area contributed by atoms with Crippen molar-refractivity contribution in [2.45, 2.75) is 46.5 Å². The number of rotatable bonds is 4. The van der Waals surface area contributed by atoms with Gasteiger partial charge >= 0.3 is 0 Å². The molecular weight excluding hydrogens is 300 g/mol.